The summed E-state index contributed by atoms with van der Waals surface area (Å²) in [7, 11) is 0. The van der Waals surface area contributed by atoms with Crippen molar-refractivity contribution in [3.05, 3.63) is 50.7 Å². The molecule has 29 heavy (non-hydrogen) atoms. The van der Waals surface area contributed by atoms with Crippen LogP contribution in [0.2, 0.25) is 0 Å². The minimum absolute atomic E-state index is 0.00751. The maximum atomic E-state index is 12.9. The van der Waals surface area contributed by atoms with Gasteiger partial charge in [-0.05, 0) is 62.3 Å². The molecule has 0 unspecified atom stereocenters. The number of amides is 2. The van der Waals surface area contributed by atoms with Gasteiger partial charge in [0.1, 0.15) is 0 Å². The van der Waals surface area contributed by atoms with E-state index < -0.39 is 0 Å². The number of carbonyl (C=O) groups is 2. The topological polar surface area (TPSA) is 52.7 Å². The number of hydrogen-bond acceptors (Lipinski definition) is 4. The van der Waals surface area contributed by atoms with E-state index in [1.165, 1.54) is 23.3 Å². The fraction of sp³-hybridized carbons (Fsp3) is 0.478. The molecule has 2 aromatic rings. The molecule has 0 bridgehead atoms. The zero-order valence-corrected chi connectivity index (χ0v) is 18.1. The van der Waals surface area contributed by atoms with Crippen LogP contribution in [0.5, 0.6) is 0 Å². The first kappa shape index (κ1) is 20.1. The molecule has 1 aromatic heterocycles. The van der Waals surface area contributed by atoms with Crippen molar-refractivity contribution < 1.29 is 9.59 Å². The Hall–Kier alpha value is -2.18. The van der Waals surface area contributed by atoms with Gasteiger partial charge in [-0.2, -0.15) is 0 Å². The highest BCUT2D eigenvalue weighted by Crippen LogP contribution is 2.30. The number of rotatable bonds is 4. The summed E-state index contributed by atoms with van der Waals surface area (Å²) in [6.45, 7) is 7.21. The maximum absolute atomic E-state index is 12.9. The second kappa shape index (κ2) is 8.67. The van der Waals surface area contributed by atoms with Crippen LogP contribution in [0.4, 0.5) is 5.69 Å². The van der Waals surface area contributed by atoms with Gasteiger partial charge in [0, 0.05) is 36.7 Å². The number of para-hydroxylation sites is 1. The third-order valence-electron chi connectivity index (χ3n) is 5.98. The van der Waals surface area contributed by atoms with Crippen LogP contribution in [0, 0.1) is 13.8 Å². The Morgan fingerprint density at radius 3 is 2.41 bits per heavy atom. The highest BCUT2D eigenvalue weighted by molar-refractivity contribution is 7.14. The molecule has 0 spiro atoms. The number of hydrogen-bond donors (Lipinski definition) is 1. The fourth-order valence-electron chi connectivity index (χ4n) is 4.25. The summed E-state index contributed by atoms with van der Waals surface area (Å²) < 4.78 is 0. The van der Waals surface area contributed by atoms with Crippen LogP contribution >= 0.6 is 11.3 Å². The largest absolute Gasteiger partial charge is 0.335 e. The van der Waals surface area contributed by atoms with Crippen molar-refractivity contribution in [3.63, 3.8) is 0 Å². The van der Waals surface area contributed by atoms with Gasteiger partial charge >= 0.3 is 0 Å². The van der Waals surface area contributed by atoms with Crippen molar-refractivity contribution >= 4 is 28.8 Å². The fourth-order valence-corrected chi connectivity index (χ4v) is 5.48. The predicted molar refractivity (Wildman–Crippen MR) is 118 cm³/mol. The van der Waals surface area contributed by atoms with Crippen molar-refractivity contribution in [2.45, 2.75) is 39.5 Å². The smallest absolute Gasteiger partial charge is 0.264 e. The van der Waals surface area contributed by atoms with Crippen molar-refractivity contribution in [2.24, 2.45) is 0 Å². The molecule has 0 saturated carbocycles. The van der Waals surface area contributed by atoms with Gasteiger partial charge in [0.05, 0.1) is 11.4 Å². The van der Waals surface area contributed by atoms with E-state index in [9.17, 15) is 9.59 Å². The monoisotopic (exact) mass is 411 g/mol. The summed E-state index contributed by atoms with van der Waals surface area (Å²) in [6, 6.07) is 8.14. The Morgan fingerprint density at radius 1 is 1.03 bits per heavy atom. The first-order valence-electron chi connectivity index (χ1n) is 10.5. The van der Waals surface area contributed by atoms with Gasteiger partial charge in [-0.3, -0.25) is 14.5 Å². The van der Waals surface area contributed by atoms with E-state index in [2.05, 4.69) is 16.3 Å². The number of carbonyl (C=O) groups excluding carboxylic acids is 2. The lowest BCUT2D eigenvalue weighted by Gasteiger charge is -2.34. The Balaban J connectivity index is 1.29. The molecule has 2 aliphatic rings. The lowest BCUT2D eigenvalue weighted by molar-refractivity contribution is -0.117. The summed E-state index contributed by atoms with van der Waals surface area (Å²) in [5, 5.41) is 3.05. The number of piperazine rings is 1. The van der Waals surface area contributed by atoms with Gasteiger partial charge < -0.3 is 10.2 Å². The summed E-state index contributed by atoms with van der Waals surface area (Å²) in [4.78, 5) is 31.8. The first-order valence-corrected chi connectivity index (χ1v) is 11.3. The molecule has 6 heteroatoms. The molecule has 2 amide bonds. The summed E-state index contributed by atoms with van der Waals surface area (Å²) in [5.74, 6) is 0.164. The van der Waals surface area contributed by atoms with E-state index >= 15 is 0 Å². The van der Waals surface area contributed by atoms with E-state index in [4.69, 9.17) is 0 Å². The SMILES string of the molecule is Cc1cccc(C)c1NC(=O)CN1CCN(C(=O)c2cc3c(s2)CCCC3)CC1. The van der Waals surface area contributed by atoms with Crippen LogP contribution in [-0.4, -0.2) is 54.3 Å². The van der Waals surface area contributed by atoms with Crippen LogP contribution < -0.4 is 5.32 Å². The van der Waals surface area contributed by atoms with Gasteiger partial charge in [-0.15, -0.1) is 11.3 Å². The molecule has 1 fully saturated rings. The first-order chi connectivity index (χ1) is 14.0. The molecule has 1 aliphatic heterocycles. The van der Waals surface area contributed by atoms with Crippen molar-refractivity contribution in [1.29, 1.82) is 0 Å². The molecule has 1 N–H and O–H groups in total. The molecule has 0 radical (unpaired) electrons. The van der Waals surface area contributed by atoms with Gasteiger partial charge in [-0.1, -0.05) is 18.2 Å². The normalized spacial score (nSPS) is 17.1. The minimum atomic E-state index is 0.00751. The lowest BCUT2D eigenvalue weighted by atomic mass is 9.99. The Kier molecular flexibility index (Phi) is 6.01. The average Bonchev–Trinajstić information content (AvgIpc) is 3.15. The zero-order chi connectivity index (χ0) is 20.4. The van der Waals surface area contributed by atoms with Crippen molar-refractivity contribution in [3.8, 4) is 0 Å². The highest BCUT2D eigenvalue weighted by atomic mass is 32.1. The molecule has 1 saturated heterocycles. The molecule has 154 valence electrons. The predicted octanol–water partition coefficient (Wildman–Crippen LogP) is 3.64. The number of aryl methyl sites for hydroxylation is 4. The second-order valence-electron chi connectivity index (χ2n) is 8.15. The number of thiophene rings is 1. The van der Waals surface area contributed by atoms with Gasteiger partial charge in [0.2, 0.25) is 5.91 Å². The Labute approximate surface area is 176 Å². The molecule has 0 atom stereocenters. The van der Waals surface area contributed by atoms with Crippen LogP contribution in [0.3, 0.4) is 0 Å². The standard InChI is InChI=1S/C23H29N3O2S/c1-16-6-5-7-17(2)22(16)24-21(27)15-25-10-12-26(13-11-25)23(28)20-14-18-8-3-4-9-19(18)29-20/h5-7,14H,3-4,8-13,15H2,1-2H3,(H,24,27). The quantitative estimate of drug-likeness (QED) is 0.836. The van der Waals surface area contributed by atoms with E-state index in [0.717, 1.165) is 47.6 Å². The van der Waals surface area contributed by atoms with Gasteiger partial charge in [0.15, 0.2) is 0 Å². The summed E-state index contributed by atoms with van der Waals surface area (Å²) in [5.41, 5.74) is 4.44. The van der Waals surface area contributed by atoms with E-state index in [1.807, 2.05) is 36.9 Å². The summed E-state index contributed by atoms with van der Waals surface area (Å²) in [6.07, 6.45) is 4.71. The average molecular weight is 412 g/mol. The van der Waals surface area contributed by atoms with Crippen LogP contribution in [0.15, 0.2) is 24.3 Å². The second-order valence-corrected chi connectivity index (χ2v) is 9.29. The van der Waals surface area contributed by atoms with E-state index in [-0.39, 0.29) is 11.8 Å². The summed E-state index contributed by atoms with van der Waals surface area (Å²) >= 11 is 1.68. The molecular formula is C23H29N3O2S. The Bertz CT molecular complexity index is 869. The number of fused-ring (bicyclic) bond motifs is 1. The molecule has 2 heterocycles. The van der Waals surface area contributed by atoms with Crippen molar-refractivity contribution in [1.82, 2.24) is 9.80 Å². The van der Waals surface area contributed by atoms with E-state index in [0.29, 0.717) is 19.6 Å². The van der Waals surface area contributed by atoms with Crippen molar-refractivity contribution in [2.75, 3.05) is 38.0 Å². The number of benzene rings is 1. The number of nitrogens with zero attached hydrogens (tertiary/aromatic N) is 2. The van der Waals surface area contributed by atoms with Crippen LogP contribution in [-0.2, 0) is 17.6 Å². The van der Waals surface area contributed by atoms with E-state index in [1.54, 1.807) is 11.3 Å². The molecule has 1 aliphatic carbocycles. The lowest BCUT2D eigenvalue weighted by Crippen LogP contribution is -2.50. The van der Waals surface area contributed by atoms with Gasteiger partial charge in [0.25, 0.3) is 5.91 Å². The Morgan fingerprint density at radius 2 is 1.72 bits per heavy atom. The minimum Gasteiger partial charge on any atom is -0.335 e. The molecule has 4 rings (SSSR count). The third-order valence-corrected chi connectivity index (χ3v) is 7.20. The zero-order valence-electron chi connectivity index (χ0n) is 17.3. The number of nitrogens with one attached hydrogen (secondary N) is 1. The highest BCUT2D eigenvalue weighted by Gasteiger charge is 2.26. The number of anilines is 1. The third kappa shape index (κ3) is 4.54. The van der Waals surface area contributed by atoms with Crippen LogP contribution in [0.25, 0.3) is 0 Å². The van der Waals surface area contributed by atoms with Crippen LogP contribution in [0.1, 0.15) is 44.1 Å². The maximum Gasteiger partial charge on any atom is 0.264 e. The van der Waals surface area contributed by atoms with Gasteiger partial charge in [-0.25, -0.2) is 0 Å². The molecule has 1 aromatic carbocycles. The molecular weight excluding hydrogens is 382 g/mol. The molecule has 5 nitrogen and oxygen atoms in total.